The monoisotopic (exact) mass is 281 g/mol. The van der Waals surface area contributed by atoms with Crippen molar-refractivity contribution in [3.8, 4) is 23.0 Å². The van der Waals surface area contributed by atoms with Crippen molar-refractivity contribution in [1.29, 1.82) is 0 Å². The van der Waals surface area contributed by atoms with Crippen molar-refractivity contribution in [2.45, 2.75) is 25.8 Å². The van der Waals surface area contributed by atoms with E-state index in [0.717, 1.165) is 30.7 Å². The van der Waals surface area contributed by atoms with Crippen molar-refractivity contribution in [2.75, 3.05) is 34.5 Å². The van der Waals surface area contributed by atoms with Gasteiger partial charge < -0.3 is 24.3 Å². The summed E-state index contributed by atoms with van der Waals surface area (Å²) in [5, 5.41) is 3.49. The van der Waals surface area contributed by atoms with E-state index in [4.69, 9.17) is 18.9 Å². The van der Waals surface area contributed by atoms with Gasteiger partial charge in [0, 0.05) is 12.1 Å². The lowest BCUT2D eigenvalue weighted by atomic mass is 9.99. The second kappa shape index (κ2) is 6.70. The first-order valence-electron chi connectivity index (χ1n) is 6.95. The zero-order valence-electron chi connectivity index (χ0n) is 12.6. The Balaban J connectivity index is 2.60. The highest BCUT2D eigenvalue weighted by Gasteiger charge is 2.28. The summed E-state index contributed by atoms with van der Waals surface area (Å²) in [6, 6.07) is 2.08. The Morgan fingerprint density at radius 2 is 1.95 bits per heavy atom. The smallest absolute Gasteiger partial charge is 0.203 e. The number of hydrogen-bond acceptors (Lipinski definition) is 5. The first kappa shape index (κ1) is 14.8. The molecule has 1 N–H and O–H groups in total. The third-order valence-corrected chi connectivity index (χ3v) is 3.52. The van der Waals surface area contributed by atoms with Crippen LogP contribution in [-0.4, -0.2) is 34.5 Å². The lowest BCUT2D eigenvalue weighted by Crippen LogP contribution is -2.21. The van der Waals surface area contributed by atoms with E-state index in [2.05, 4.69) is 12.2 Å². The van der Waals surface area contributed by atoms with Gasteiger partial charge in [-0.2, -0.15) is 0 Å². The fourth-order valence-electron chi connectivity index (χ4n) is 2.67. The predicted octanol–water partition coefficient (Wildman–Crippen LogP) is 2.54. The van der Waals surface area contributed by atoms with Crippen LogP contribution in [-0.2, 0) is 0 Å². The van der Waals surface area contributed by atoms with Gasteiger partial charge in [-0.05, 0) is 19.4 Å². The molecule has 1 unspecified atom stereocenters. The Morgan fingerprint density at radius 3 is 2.55 bits per heavy atom. The molecule has 5 heteroatoms. The molecule has 0 amide bonds. The molecule has 5 nitrogen and oxygen atoms in total. The molecule has 1 aliphatic rings. The fraction of sp³-hybridized carbons (Fsp3) is 0.600. The molecule has 112 valence electrons. The molecular formula is C15H23NO4. The Morgan fingerprint density at radius 1 is 1.20 bits per heavy atom. The second-order valence-corrected chi connectivity index (χ2v) is 4.66. The molecule has 0 aliphatic carbocycles. The van der Waals surface area contributed by atoms with Crippen LogP contribution in [0.5, 0.6) is 23.0 Å². The van der Waals surface area contributed by atoms with Gasteiger partial charge >= 0.3 is 0 Å². The maximum Gasteiger partial charge on any atom is 0.203 e. The van der Waals surface area contributed by atoms with Crippen molar-refractivity contribution in [3.05, 3.63) is 11.6 Å². The molecule has 0 bridgehead atoms. The highest BCUT2D eigenvalue weighted by Crippen LogP contribution is 2.49. The van der Waals surface area contributed by atoms with E-state index in [0.29, 0.717) is 23.9 Å². The van der Waals surface area contributed by atoms with Gasteiger partial charge in [-0.1, -0.05) is 6.92 Å². The van der Waals surface area contributed by atoms with E-state index in [1.807, 2.05) is 6.07 Å². The van der Waals surface area contributed by atoms with Crippen LogP contribution in [0.3, 0.4) is 0 Å². The summed E-state index contributed by atoms with van der Waals surface area (Å²) in [5.74, 6) is 2.74. The number of ether oxygens (including phenoxy) is 4. The zero-order valence-corrected chi connectivity index (χ0v) is 12.6. The van der Waals surface area contributed by atoms with Gasteiger partial charge in [0.15, 0.2) is 11.5 Å². The lowest BCUT2D eigenvalue weighted by Gasteiger charge is -2.23. The molecule has 1 aromatic carbocycles. The normalized spacial score (nSPS) is 17.7. The summed E-state index contributed by atoms with van der Waals surface area (Å²) >= 11 is 0. The van der Waals surface area contributed by atoms with Gasteiger partial charge in [-0.25, -0.2) is 0 Å². The second-order valence-electron chi connectivity index (χ2n) is 4.66. The van der Waals surface area contributed by atoms with Gasteiger partial charge in [0.2, 0.25) is 5.75 Å². The standard InChI is InChI=1S/C15H23NO4/c1-5-16-10-7-6-8-20-11-9-12(17-2)14(18-3)15(19-4)13(10)11/h9-10,16H,5-8H2,1-4H3. The number of methoxy groups -OCH3 is 3. The molecule has 0 radical (unpaired) electrons. The van der Waals surface area contributed by atoms with E-state index in [1.165, 1.54) is 0 Å². The first-order valence-corrected chi connectivity index (χ1v) is 6.95. The van der Waals surface area contributed by atoms with Gasteiger partial charge in [0.05, 0.1) is 33.5 Å². The summed E-state index contributed by atoms with van der Waals surface area (Å²) < 4.78 is 22.3. The van der Waals surface area contributed by atoms with E-state index in [-0.39, 0.29) is 6.04 Å². The topological polar surface area (TPSA) is 49.0 Å². The molecule has 1 atom stereocenters. The minimum atomic E-state index is 0.201. The number of rotatable bonds is 5. The number of benzene rings is 1. The largest absolute Gasteiger partial charge is 0.493 e. The van der Waals surface area contributed by atoms with Crippen LogP contribution >= 0.6 is 0 Å². The molecule has 0 fully saturated rings. The molecule has 0 aromatic heterocycles. The van der Waals surface area contributed by atoms with Gasteiger partial charge in [0.1, 0.15) is 5.75 Å². The van der Waals surface area contributed by atoms with Crippen LogP contribution < -0.4 is 24.3 Å². The third-order valence-electron chi connectivity index (χ3n) is 3.52. The molecule has 0 spiro atoms. The Bertz CT molecular complexity index is 462. The van der Waals surface area contributed by atoms with Gasteiger partial charge in [-0.3, -0.25) is 0 Å². The minimum absolute atomic E-state index is 0.201. The van der Waals surface area contributed by atoms with Gasteiger partial charge in [-0.15, -0.1) is 0 Å². The molecular weight excluding hydrogens is 258 g/mol. The summed E-state index contributed by atoms with van der Waals surface area (Å²) in [6.07, 6.45) is 2.01. The zero-order chi connectivity index (χ0) is 14.5. The third kappa shape index (κ3) is 2.63. The van der Waals surface area contributed by atoms with E-state index in [1.54, 1.807) is 21.3 Å². The van der Waals surface area contributed by atoms with E-state index in [9.17, 15) is 0 Å². The molecule has 20 heavy (non-hydrogen) atoms. The van der Waals surface area contributed by atoms with Crippen molar-refractivity contribution in [1.82, 2.24) is 5.32 Å². The highest BCUT2D eigenvalue weighted by molar-refractivity contribution is 5.63. The average molecular weight is 281 g/mol. The SMILES string of the molecule is CCNC1CCCOc2cc(OC)c(OC)c(OC)c21. The highest BCUT2D eigenvalue weighted by atomic mass is 16.5. The Kier molecular flexibility index (Phi) is 4.95. The van der Waals surface area contributed by atoms with Crippen LogP contribution in [0.15, 0.2) is 6.07 Å². The van der Waals surface area contributed by atoms with Crippen LogP contribution in [0.1, 0.15) is 31.4 Å². The number of hydrogen-bond donors (Lipinski definition) is 1. The number of fused-ring (bicyclic) bond motifs is 1. The minimum Gasteiger partial charge on any atom is -0.493 e. The van der Waals surface area contributed by atoms with Gasteiger partial charge in [0.25, 0.3) is 0 Å². The summed E-state index contributed by atoms with van der Waals surface area (Å²) in [6.45, 7) is 3.69. The van der Waals surface area contributed by atoms with Crippen LogP contribution in [0.2, 0.25) is 0 Å². The van der Waals surface area contributed by atoms with Crippen molar-refractivity contribution < 1.29 is 18.9 Å². The molecule has 0 saturated carbocycles. The first-order chi connectivity index (χ1) is 9.76. The predicted molar refractivity (Wildman–Crippen MR) is 77.2 cm³/mol. The fourth-order valence-corrected chi connectivity index (χ4v) is 2.67. The summed E-state index contributed by atoms with van der Waals surface area (Å²) in [7, 11) is 4.88. The Hall–Kier alpha value is -1.62. The Labute approximate surface area is 120 Å². The van der Waals surface area contributed by atoms with E-state index >= 15 is 0 Å². The van der Waals surface area contributed by atoms with Crippen LogP contribution in [0, 0.1) is 0 Å². The maximum atomic E-state index is 5.85. The number of nitrogens with one attached hydrogen (secondary N) is 1. The van der Waals surface area contributed by atoms with Crippen molar-refractivity contribution in [2.24, 2.45) is 0 Å². The van der Waals surface area contributed by atoms with Crippen molar-refractivity contribution >= 4 is 0 Å². The molecule has 0 saturated heterocycles. The molecule has 1 heterocycles. The molecule has 2 rings (SSSR count). The quantitative estimate of drug-likeness (QED) is 0.898. The summed E-state index contributed by atoms with van der Waals surface area (Å²) in [5.41, 5.74) is 1.02. The molecule has 1 aromatic rings. The van der Waals surface area contributed by atoms with Crippen LogP contribution in [0.25, 0.3) is 0 Å². The van der Waals surface area contributed by atoms with Crippen molar-refractivity contribution in [3.63, 3.8) is 0 Å². The lowest BCUT2D eigenvalue weighted by molar-refractivity contribution is 0.300. The van der Waals surface area contributed by atoms with Crippen LogP contribution in [0.4, 0.5) is 0 Å². The maximum absolute atomic E-state index is 5.85. The molecule has 1 aliphatic heterocycles. The summed E-state index contributed by atoms with van der Waals surface area (Å²) in [4.78, 5) is 0. The van der Waals surface area contributed by atoms with E-state index < -0.39 is 0 Å². The average Bonchev–Trinajstić information content (AvgIpc) is 2.68.